The molecule has 2 aromatic carbocycles. The number of rotatable bonds is 7. The maximum Gasteiger partial charge on any atom is 0.300 e. The van der Waals surface area contributed by atoms with E-state index in [0.29, 0.717) is 12.5 Å². The number of nitrogens with zero attached hydrogens (tertiary/aromatic N) is 1. The molecule has 0 aliphatic carbocycles. The molecule has 154 valence electrons. The zero-order valence-electron chi connectivity index (χ0n) is 17.4. The summed E-state index contributed by atoms with van der Waals surface area (Å²) in [7, 11) is 4.14. The van der Waals surface area contributed by atoms with Crippen LogP contribution in [0.4, 0.5) is 0 Å². The highest BCUT2D eigenvalue weighted by molar-refractivity contribution is 5.93. The van der Waals surface area contributed by atoms with Crippen LogP contribution in [0.25, 0.3) is 0 Å². The van der Waals surface area contributed by atoms with E-state index in [1.54, 1.807) is 0 Å². The summed E-state index contributed by atoms with van der Waals surface area (Å²) in [5, 5.41) is 7.42. The van der Waals surface area contributed by atoms with Crippen LogP contribution < -0.4 is 0 Å². The van der Waals surface area contributed by atoms with E-state index in [0.717, 1.165) is 24.5 Å². The van der Waals surface area contributed by atoms with E-state index < -0.39 is 11.4 Å². The van der Waals surface area contributed by atoms with Crippen molar-refractivity contribution >= 4 is 24.2 Å². The standard InChI is InChI=1S/C21H27NO.C2H4O2.ClH/c1-5-20(23)21(16-17(2)22(3)4,18-12-8-6-9-13-18)19-14-10-7-11-15-19;1-2(3)4;/h6-15,17H,5,16H2,1-4H3;1H3,(H,3,4);1H. The van der Waals surface area contributed by atoms with Crippen LogP contribution in [0.5, 0.6) is 0 Å². The van der Waals surface area contributed by atoms with Gasteiger partial charge in [0.05, 0.1) is 5.41 Å². The molecule has 0 fully saturated rings. The molecule has 0 radical (unpaired) electrons. The first-order valence-corrected chi connectivity index (χ1v) is 9.26. The lowest BCUT2D eigenvalue weighted by Crippen LogP contribution is -2.42. The molecular formula is C23H32ClNO3. The number of benzene rings is 2. The number of hydrogen-bond donors (Lipinski definition) is 1. The number of aliphatic carboxylic acids is 1. The van der Waals surface area contributed by atoms with E-state index in [9.17, 15) is 4.79 Å². The molecule has 5 heteroatoms. The highest BCUT2D eigenvalue weighted by Gasteiger charge is 2.41. The van der Waals surface area contributed by atoms with Gasteiger partial charge in [0.2, 0.25) is 0 Å². The fourth-order valence-corrected chi connectivity index (χ4v) is 3.21. The fourth-order valence-electron chi connectivity index (χ4n) is 3.21. The number of ketones is 1. The largest absolute Gasteiger partial charge is 0.481 e. The summed E-state index contributed by atoms with van der Waals surface area (Å²) in [6, 6.07) is 20.7. The first kappa shape index (κ1) is 25.8. The van der Waals surface area contributed by atoms with Crippen molar-refractivity contribution in [1.82, 2.24) is 4.90 Å². The van der Waals surface area contributed by atoms with Crippen LogP contribution in [0.2, 0.25) is 0 Å². The fraction of sp³-hybridized carbons (Fsp3) is 0.391. The normalized spacial score (nSPS) is 11.6. The number of Topliss-reactive ketones (excluding diaryl/α,β-unsaturated/α-hetero) is 1. The van der Waals surface area contributed by atoms with Gasteiger partial charge in [0.1, 0.15) is 5.78 Å². The molecule has 28 heavy (non-hydrogen) atoms. The molecule has 0 bridgehead atoms. The van der Waals surface area contributed by atoms with Gasteiger partial charge in [-0.15, -0.1) is 12.4 Å². The minimum Gasteiger partial charge on any atom is -0.481 e. The van der Waals surface area contributed by atoms with Crippen LogP contribution in [-0.4, -0.2) is 41.9 Å². The van der Waals surface area contributed by atoms with Crippen LogP contribution in [0.3, 0.4) is 0 Å². The summed E-state index contributed by atoms with van der Waals surface area (Å²) in [4.78, 5) is 24.4. The second-order valence-corrected chi connectivity index (χ2v) is 6.95. The average Bonchev–Trinajstić information content (AvgIpc) is 2.66. The topological polar surface area (TPSA) is 57.6 Å². The van der Waals surface area contributed by atoms with Gasteiger partial charge in [-0.25, -0.2) is 0 Å². The molecule has 1 N–H and O–H groups in total. The third-order valence-corrected chi connectivity index (χ3v) is 4.81. The predicted molar refractivity (Wildman–Crippen MR) is 117 cm³/mol. The van der Waals surface area contributed by atoms with Gasteiger partial charge in [-0.05, 0) is 38.6 Å². The molecule has 0 heterocycles. The van der Waals surface area contributed by atoms with Crippen LogP contribution in [0.1, 0.15) is 44.7 Å². The number of carboxylic acid groups (broad SMARTS) is 1. The maximum atomic E-state index is 13.2. The zero-order chi connectivity index (χ0) is 20.4. The Bertz CT molecular complexity index is 674. The first-order chi connectivity index (χ1) is 12.8. The lowest BCUT2D eigenvalue weighted by atomic mass is 9.67. The molecule has 2 aromatic rings. The number of carbonyl (C=O) groups is 2. The van der Waals surface area contributed by atoms with Crippen molar-refractivity contribution in [2.75, 3.05) is 14.1 Å². The number of hydrogen-bond acceptors (Lipinski definition) is 3. The van der Waals surface area contributed by atoms with Crippen LogP contribution in [0, 0.1) is 0 Å². The van der Waals surface area contributed by atoms with E-state index in [1.165, 1.54) is 0 Å². The van der Waals surface area contributed by atoms with Crippen LogP contribution in [0.15, 0.2) is 60.7 Å². The Morgan fingerprint density at radius 3 is 1.61 bits per heavy atom. The van der Waals surface area contributed by atoms with Gasteiger partial charge in [-0.2, -0.15) is 0 Å². The van der Waals surface area contributed by atoms with Gasteiger partial charge in [-0.3, -0.25) is 9.59 Å². The van der Waals surface area contributed by atoms with Gasteiger partial charge >= 0.3 is 0 Å². The Labute approximate surface area is 175 Å². The van der Waals surface area contributed by atoms with Crippen LogP contribution >= 0.6 is 12.4 Å². The van der Waals surface area contributed by atoms with E-state index in [2.05, 4.69) is 50.2 Å². The summed E-state index contributed by atoms with van der Waals surface area (Å²) in [6.07, 6.45) is 1.31. The maximum absolute atomic E-state index is 13.2. The van der Waals surface area contributed by atoms with E-state index in [1.807, 2.05) is 43.3 Å². The van der Waals surface area contributed by atoms with Gasteiger partial charge in [0, 0.05) is 19.4 Å². The summed E-state index contributed by atoms with van der Waals surface area (Å²) < 4.78 is 0. The van der Waals surface area contributed by atoms with E-state index in [4.69, 9.17) is 9.90 Å². The Kier molecular flexibility index (Phi) is 11.4. The smallest absolute Gasteiger partial charge is 0.300 e. The highest BCUT2D eigenvalue weighted by atomic mass is 35.5. The Hall–Kier alpha value is -2.17. The third kappa shape index (κ3) is 6.77. The molecule has 0 aliphatic rings. The number of carboxylic acids is 1. The molecule has 0 aromatic heterocycles. The minimum atomic E-state index is -0.833. The zero-order valence-corrected chi connectivity index (χ0v) is 18.2. The molecule has 2 rings (SSSR count). The van der Waals surface area contributed by atoms with Crippen molar-refractivity contribution in [2.24, 2.45) is 0 Å². The predicted octanol–water partition coefficient (Wildman–Crippen LogP) is 4.80. The van der Waals surface area contributed by atoms with Crippen molar-refractivity contribution in [3.8, 4) is 0 Å². The molecule has 1 unspecified atom stereocenters. The molecule has 0 amide bonds. The van der Waals surface area contributed by atoms with Gasteiger partial charge in [-0.1, -0.05) is 67.6 Å². The first-order valence-electron chi connectivity index (χ1n) is 9.26. The Balaban J connectivity index is 0.00000133. The second-order valence-electron chi connectivity index (χ2n) is 6.95. The Morgan fingerprint density at radius 1 is 0.964 bits per heavy atom. The number of halogens is 1. The van der Waals surface area contributed by atoms with Crippen molar-refractivity contribution in [2.45, 2.75) is 45.1 Å². The average molecular weight is 406 g/mol. The highest BCUT2D eigenvalue weighted by Crippen LogP contribution is 2.39. The lowest BCUT2D eigenvalue weighted by molar-refractivity contribution is -0.134. The van der Waals surface area contributed by atoms with Gasteiger partial charge in [0.15, 0.2) is 0 Å². The summed E-state index contributed by atoms with van der Waals surface area (Å²) >= 11 is 0. The van der Waals surface area contributed by atoms with Crippen molar-refractivity contribution in [3.05, 3.63) is 71.8 Å². The molecular weight excluding hydrogens is 374 g/mol. The molecule has 0 saturated carbocycles. The van der Waals surface area contributed by atoms with E-state index in [-0.39, 0.29) is 18.2 Å². The molecule has 4 nitrogen and oxygen atoms in total. The SMILES string of the molecule is CC(=O)O.CCC(=O)C(CC(C)N(C)C)(c1ccccc1)c1ccccc1.Cl. The second kappa shape index (κ2) is 12.3. The third-order valence-electron chi connectivity index (χ3n) is 4.81. The molecule has 0 saturated heterocycles. The van der Waals surface area contributed by atoms with Crippen molar-refractivity contribution in [1.29, 1.82) is 0 Å². The van der Waals surface area contributed by atoms with Crippen molar-refractivity contribution in [3.63, 3.8) is 0 Å². The quantitative estimate of drug-likeness (QED) is 0.718. The monoisotopic (exact) mass is 405 g/mol. The van der Waals surface area contributed by atoms with Crippen LogP contribution in [-0.2, 0) is 15.0 Å². The summed E-state index contributed by atoms with van der Waals surface area (Å²) in [6.45, 7) is 5.23. The number of carbonyl (C=O) groups excluding carboxylic acids is 1. The van der Waals surface area contributed by atoms with Gasteiger partial charge in [0.25, 0.3) is 5.97 Å². The summed E-state index contributed by atoms with van der Waals surface area (Å²) in [5.74, 6) is -0.552. The molecule has 0 spiro atoms. The molecule has 0 aliphatic heterocycles. The molecule has 1 atom stereocenters. The lowest BCUT2D eigenvalue weighted by Gasteiger charge is -2.37. The van der Waals surface area contributed by atoms with E-state index >= 15 is 0 Å². The van der Waals surface area contributed by atoms with Crippen molar-refractivity contribution < 1.29 is 14.7 Å². The Morgan fingerprint density at radius 2 is 1.32 bits per heavy atom. The summed E-state index contributed by atoms with van der Waals surface area (Å²) in [5.41, 5.74) is 1.60. The van der Waals surface area contributed by atoms with Gasteiger partial charge < -0.3 is 10.0 Å². The minimum absolute atomic E-state index is 0.